The summed E-state index contributed by atoms with van der Waals surface area (Å²) >= 11 is 0. The van der Waals surface area contributed by atoms with E-state index >= 15 is 0 Å². The second-order valence-corrected chi connectivity index (χ2v) is 2.47. The zero-order valence-electron chi connectivity index (χ0n) is 6.67. The molecular formula is C10H11N. The standard InChI is InChI=1S/C10H11N/c1-8-4-6-10(7-5-8)9(2)11-3/h4-7H,2-3H2,1H3. The topological polar surface area (TPSA) is 12.4 Å². The van der Waals surface area contributed by atoms with Gasteiger partial charge in [-0.2, -0.15) is 0 Å². The van der Waals surface area contributed by atoms with E-state index in [0.29, 0.717) is 0 Å². The van der Waals surface area contributed by atoms with Crippen molar-refractivity contribution in [1.29, 1.82) is 0 Å². The Hall–Kier alpha value is -1.37. The lowest BCUT2D eigenvalue weighted by atomic mass is 10.1. The van der Waals surface area contributed by atoms with E-state index in [1.807, 2.05) is 31.2 Å². The molecule has 0 bridgehead atoms. The molecule has 56 valence electrons. The average molecular weight is 145 g/mol. The van der Waals surface area contributed by atoms with Crippen LogP contribution in [0.25, 0.3) is 5.70 Å². The number of aliphatic imine (C=N–C) groups is 1. The van der Waals surface area contributed by atoms with Gasteiger partial charge in [-0.15, -0.1) is 0 Å². The smallest absolute Gasteiger partial charge is 0.0622 e. The van der Waals surface area contributed by atoms with Crippen LogP contribution >= 0.6 is 0 Å². The lowest BCUT2D eigenvalue weighted by Crippen LogP contribution is -1.78. The van der Waals surface area contributed by atoms with Crippen LogP contribution in [-0.2, 0) is 0 Å². The molecule has 0 aliphatic carbocycles. The summed E-state index contributed by atoms with van der Waals surface area (Å²) in [5, 5.41) is 0. The van der Waals surface area contributed by atoms with Crippen molar-refractivity contribution >= 4 is 12.4 Å². The Labute approximate surface area is 67.1 Å². The number of rotatable bonds is 2. The van der Waals surface area contributed by atoms with Gasteiger partial charge in [0.1, 0.15) is 0 Å². The van der Waals surface area contributed by atoms with Gasteiger partial charge in [0.25, 0.3) is 0 Å². The van der Waals surface area contributed by atoms with Gasteiger partial charge >= 0.3 is 0 Å². The SMILES string of the molecule is C=NC(=C)c1ccc(C)cc1. The van der Waals surface area contributed by atoms with Gasteiger partial charge in [-0.3, -0.25) is 4.99 Å². The number of hydrogen-bond acceptors (Lipinski definition) is 1. The average Bonchev–Trinajstić information content (AvgIpc) is 2.05. The Morgan fingerprint density at radius 3 is 2.27 bits per heavy atom. The lowest BCUT2D eigenvalue weighted by molar-refractivity contribution is 1.44. The summed E-state index contributed by atoms with van der Waals surface area (Å²) in [7, 11) is 0. The third kappa shape index (κ3) is 1.77. The predicted molar refractivity (Wildman–Crippen MR) is 49.8 cm³/mol. The molecule has 0 saturated heterocycles. The van der Waals surface area contributed by atoms with Gasteiger partial charge in [0.15, 0.2) is 0 Å². The quantitative estimate of drug-likeness (QED) is 0.567. The van der Waals surface area contributed by atoms with E-state index in [2.05, 4.69) is 18.3 Å². The molecule has 1 aromatic carbocycles. The highest BCUT2D eigenvalue weighted by Gasteiger charge is 1.92. The van der Waals surface area contributed by atoms with Crippen LogP contribution in [-0.4, -0.2) is 6.72 Å². The number of benzene rings is 1. The van der Waals surface area contributed by atoms with Crippen molar-refractivity contribution < 1.29 is 0 Å². The molecule has 0 aliphatic rings. The summed E-state index contributed by atoms with van der Waals surface area (Å²) < 4.78 is 0. The van der Waals surface area contributed by atoms with E-state index in [4.69, 9.17) is 0 Å². The minimum Gasteiger partial charge on any atom is -0.265 e. The molecule has 0 aromatic heterocycles. The molecule has 0 unspecified atom stereocenters. The summed E-state index contributed by atoms with van der Waals surface area (Å²) in [5.74, 6) is 0. The molecule has 1 rings (SSSR count). The number of nitrogens with zero attached hydrogens (tertiary/aromatic N) is 1. The zero-order valence-corrected chi connectivity index (χ0v) is 6.67. The predicted octanol–water partition coefficient (Wildman–Crippen LogP) is 2.67. The molecule has 0 radical (unpaired) electrons. The molecule has 0 N–H and O–H groups in total. The van der Waals surface area contributed by atoms with Crippen molar-refractivity contribution in [3.63, 3.8) is 0 Å². The maximum atomic E-state index is 3.74. The minimum atomic E-state index is 0.727. The molecule has 0 amide bonds. The summed E-state index contributed by atoms with van der Waals surface area (Å²) in [6.45, 7) is 9.20. The monoisotopic (exact) mass is 145 g/mol. The second-order valence-electron chi connectivity index (χ2n) is 2.47. The fourth-order valence-electron chi connectivity index (χ4n) is 0.837. The molecule has 0 fully saturated rings. The third-order valence-electron chi connectivity index (χ3n) is 1.58. The molecule has 0 atom stereocenters. The maximum absolute atomic E-state index is 3.74. The van der Waals surface area contributed by atoms with Crippen molar-refractivity contribution in [3.8, 4) is 0 Å². The summed E-state index contributed by atoms with van der Waals surface area (Å²) in [6, 6.07) is 8.05. The van der Waals surface area contributed by atoms with Gasteiger partial charge in [0.05, 0.1) is 5.70 Å². The molecule has 1 heteroatoms. The van der Waals surface area contributed by atoms with Crippen LogP contribution in [0.15, 0.2) is 35.8 Å². The van der Waals surface area contributed by atoms with Crippen LogP contribution in [0, 0.1) is 6.92 Å². The molecule has 0 heterocycles. The zero-order chi connectivity index (χ0) is 8.27. The second kappa shape index (κ2) is 3.15. The van der Waals surface area contributed by atoms with Crippen LogP contribution in [0.5, 0.6) is 0 Å². The summed E-state index contributed by atoms with van der Waals surface area (Å²) in [6.07, 6.45) is 0. The van der Waals surface area contributed by atoms with E-state index in [0.717, 1.165) is 11.3 Å². The maximum Gasteiger partial charge on any atom is 0.0622 e. The van der Waals surface area contributed by atoms with Crippen molar-refractivity contribution in [1.82, 2.24) is 0 Å². The Morgan fingerprint density at radius 1 is 1.27 bits per heavy atom. The molecule has 0 saturated carbocycles. The van der Waals surface area contributed by atoms with E-state index in [1.165, 1.54) is 5.56 Å². The third-order valence-corrected chi connectivity index (χ3v) is 1.58. The first-order valence-electron chi connectivity index (χ1n) is 3.46. The summed E-state index contributed by atoms with van der Waals surface area (Å²) in [4.78, 5) is 3.74. The van der Waals surface area contributed by atoms with Crippen LogP contribution < -0.4 is 0 Å². The van der Waals surface area contributed by atoms with Gasteiger partial charge in [-0.05, 0) is 19.2 Å². The largest absolute Gasteiger partial charge is 0.265 e. The van der Waals surface area contributed by atoms with Crippen LogP contribution in [0.2, 0.25) is 0 Å². The van der Waals surface area contributed by atoms with Crippen molar-refractivity contribution in [3.05, 3.63) is 42.0 Å². The Balaban J connectivity index is 2.98. The Kier molecular flexibility index (Phi) is 2.21. The Bertz CT molecular complexity index is 269. The molecule has 1 aromatic rings. The van der Waals surface area contributed by atoms with Gasteiger partial charge in [-0.1, -0.05) is 36.4 Å². The van der Waals surface area contributed by atoms with Gasteiger partial charge < -0.3 is 0 Å². The van der Waals surface area contributed by atoms with Crippen molar-refractivity contribution in [2.45, 2.75) is 6.92 Å². The van der Waals surface area contributed by atoms with Crippen LogP contribution in [0.4, 0.5) is 0 Å². The normalized spacial score (nSPS) is 9.18. The van der Waals surface area contributed by atoms with E-state index in [1.54, 1.807) is 0 Å². The molecule has 0 spiro atoms. The molecular weight excluding hydrogens is 134 g/mol. The first-order valence-corrected chi connectivity index (χ1v) is 3.46. The van der Waals surface area contributed by atoms with Gasteiger partial charge in [0.2, 0.25) is 0 Å². The van der Waals surface area contributed by atoms with E-state index < -0.39 is 0 Å². The molecule has 11 heavy (non-hydrogen) atoms. The van der Waals surface area contributed by atoms with E-state index in [9.17, 15) is 0 Å². The fourth-order valence-corrected chi connectivity index (χ4v) is 0.837. The summed E-state index contributed by atoms with van der Waals surface area (Å²) in [5.41, 5.74) is 3.00. The fraction of sp³-hybridized carbons (Fsp3) is 0.100. The highest BCUT2D eigenvalue weighted by atomic mass is 14.7. The van der Waals surface area contributed by atoms with Gasteiger partial charge in [-0.25, -0.2) is 0 Å². The number of hydrogen-bond donors (Lipinski definition) is 0. The van der Waals surface area contributed by atoms with Crippen LogP contribution in [0.3, 0.4) is 0 Å². The van der Waals surface area contributed by atoms with Crippen molar-refractivity contribution in [2.24, 2.45) is 4.99 Å². The van der Waals surface area contributed by atoms with E-state index in [-0.39, 0.29) is 0 Å². The molecule has 0 aliphatic heterocycles. The highest BCUT2D eigenvalue weighted by molar-refractivity contribution is 5.65. The highest BCUT2D eigenvalue weighted by Crippen LogP contribution is 2.12. The first kappa shape index (κ1) is 7.73. The molecule has 1 nitrogen and oxygen atoms in total. The van der Waals surface area contributed by atoms with Gasteiger partial charge in [0, 0.05) is 0 Å². The lowest BCUT2D eigenvalue weighted by Gasteiger charge is -1.98. The number of aryl methyl sites for hydroxylation is 1. The van der Waals surface area contributed by atoms with Crippen LogP contribution in [0.1, 0.15) is 11.1 Å². The van der Waals surface area contributed by atoms with Crippen molar-refractivity contribution in [2.75, 3.05) is 0 Å². The Morgan fingerprint density at radius 2 is 1.82 bits per heavy atom. The first-order chi connectivity index (χ1) is 5.24. The minimum absolute atomic E-state index is 0.727.